The number of rotatable bonds is 4. The third-order valence-corrected chi connectivity index (χ3v) is 4.12. The molecule has 8 heteroatoms. The minimum Gasteiger partial charge on any atom is -0.462 e. The molecular weight excluding hydrogens is 336 g/mol. The Morgan fingerprint density at radius 2 is 2.30 bits per heavy atom. The number of ether oxygens (including phenoxy) is 1. The number of thiazole rings is 1. The molecule has 0 aliphatic rings. The van der Waals surface area contributed by atoms with E-state index in [4.69, 9.17) is 16.3 Å². The first kappa shape index (κ1) is 15.6. The number of pyridine rings is 1. The second-order valence-corrected chi connectivity index (χ2v) is 5.90. The van der Waals surface area contributed by atoms with E-state index < -0.39 is 5.97 Å². The maximum atomic E-state index is 12.2. The molecule has 3 heterocycles. The lowest BCUT2D eigenvalue weighted by atomic mass is 10.2. The van der Waals surface area contributed by atoms with Crippen LogP contribution in [0.2, 0.25) is 5.15 Å². The van der Waals surface area contributed by atoms with Crippen molar-refractivity contribution in [1.29, 1.82) is 0 Å². The van der Waals surface area contributed by atoms with E-state index in [0.717, 1.165) is 10.7 Å². The molecule has 0 unspecified atom stereocenters. The second kappa shape index (κ2) is 6.47. The van der Waals surface area contributed by atoms with Crippen LogP contribution in [-0.4, -0.2) is 32.3 Å². The summed E-state index contributed by atoms with van der Waals surface area (Å²) in [4.78, 5) is 20.6. The first-order chi connectivity index (χ1) is 11.1. The van der Waals surface area contributed by atoms with Crippen LogP contribution in [0, 0.1) is 6.92 Å². The molecule has 6 nitrogen and oxygen atoms in total. The molecule has 3 aromatic rings. The monoisotopic (exact) mass is 348 g/mol. The first-order valence-electron chi connectivity index (χ1n) is 6.90. The van der Waals surface area contributed by atoms with Crippen LogP contribution in [0.15, 0.2) is 29.9 Å². The Hall–Kier alpha value is -2.25. The topological polar surface area (TPSA) is 69.9 Å². The number of aryl methyl sites for hydroxylation is 1. The van der Waals surface area contributed by atoms with Gasteiger partial charge in [0.1, 0.15) is 21.4 Å². The van der Waals surface area contributed by atoms with Crippen molar-refractivity contribution in [1.82, 2.24) is 19.7 Å². The summed E-state index contributed by atoms with van der Waals surface area (Å²) in [5, 5.41) is 7.27. The van der Waals surface area contributed by atoms with Crippen molar-refractivity contribution >= 4 is 28.9 Å². The number of aromatic nitrogens is 4. The minimum atomic E-state index is -0.522. The van der Waals surface area contributed by atoms with Gasteiger partial charge in [-0.1, -0.05) is 11.6 Å². The summed E-state index contributed by atoms with van der Waals surface area (Å²) in [7, 11) is 0. The van der Waals surface area contributed by atoms with Crippen molar-refractivity contribution in [2.24, 2.45) is 0 Å². The van der Waals surface area contributed by atoms with Crippen molar-refractivity contribution in [3.8, 4) is 16.4 Å². The van der Waals surface area contributed by atoms with E-state index in [1.165, 1.54) is 11.3 Å². The maximum Gasteiger partial charge on any atom is 0.343 e. The number of esters is 1. The predicted molar refractivity (Wildman–Crippen MR) is 88.2 cm³/mol. The molecule has 0 saturated heterocycles. The first-order valence-corrected chi connectivity index (χ1v) is 8.16. The molecule has 23 heavy (non-hydrogen) atoms. The van der Waals surface area contributed by atoms with Gasteiger partial charge < -0.3 is 4.74 Å². The molecule has 0 spiro atoms. The van der Waals surface area contributed by atoms with E-state index in [1.807, 2.05) is 11.4 Å². The molecule has 0 bridgehead atoms. The Kier molecular flexibility index (Phi) is 4.40. The van der Waals surface area contributed by atoms with E-state index in [1.54, 1.807) is 37.0 Å². The van der Waals surface area contributed by atoms with Crippen LogP contribution in [0.4, 0.5) is 0 Å². The van der Waals surface area contributed by atoms with E-state index in [9.17, 15) is 4.79 Å². The fourth-order valence-corrected chi connectivity index (χ4v) is 3.02. The van der Waals surface area contributed by atoms with Crippen molar-refractivity contribution < 1.29 is 9.53 Å². The van der Waals surface area contributed by atoms with Crippen molar-refractivity contribution in [2.75, 3.05) is 6.61 Å². The minimum absolute atomic E-state index is 0.102. The quantitative estimate of drug-likeness (QED) is 0.533. The van der Waals surface area contributed by atoms with E-state index in [-0.39, 0.29) is 17.3 Å². The largest absolute Gasteiger partial charge is 0.462 e. The standard InChI is InChI=1S/C15H13ClN4O2S/c1-3-22-15(21)12-11(8-9(2)18-13(12)16)20-6-4-10(19-20)14-17-5-7-23-14/h4-8H,3H2,1-2H3. The lowest BCUT2D eigenvalue weighted by Gasteiger charge is -2.11. The molecule has 0 amide bonds. The Morgan fingerprint density at radius 3 is 3.00 bits per heavy atom. The Bertz CT molecular complexity index is 845. The van der Waals surface area contributed by atoms with Gasteiger partial charge in [-0.25, -0.2) is 19.4 Å². The average Bonchev–Trinajstić information content (AvgIpc) is 3.18. The van der Waals surface area contributed by atoms with Crippen molar-refractivity contribution in [3.05, 3.63) is 46.3 Å². The van der Waals surface area contributed by atoms with Gasteiger partial charge in [0.15, 0.2) is 0 Å². The maximum absolute atomic E-state index is 12.2. The number of hydrogen-bond donors (Lipinski definition) is 0. The average molecular weight is 349 g/mol. The van der Waals surface area contributed by atoms with Gasteiger partial charge in [0.05, 0.1) is 12.3 Å². The highest BCUT2D eigenvalue weighted by molar-refractivity contribution is 7.13. The highest BCUT2D eigenvalue weighted by atomic mass is 35.5. The summed E-state index contributed by atoms with van der Waals surface area (Å²) in [5.41, 5.74) is 2.14. The molecule has 0 saturated carbocycles. The third-order valence-electron chi connectivity index (χ3n) is 3.05. The molecule has 0 radical (unpaired) electrons. The smallest absolute Gasteiger partial charge is 0.343 e. The zero-order chi connectivity index (χ0) is 16.4. The van der Waals surface area contributed by atoms with Gasteiger partial charge in [-0.05, 0) is 26.0 Å². The number of nitrogens with zero attached hydrogens (tertiary/aromatic N) is 4. The molecule has 3 rings (SSSR count). The predicted octanol–water partition coefficient (Wildman–Crippen LogP) is 3.53. The molecule has 0 N–H and O–H groups in total. The summed E-state index contributed by atoms with van der Waals surface area (Å²) in [6.07, 6.45) is 3.47. The molecule has 0 atom stereocenters. The van der Waals surface area contributed by atoms with Crippen molar-refractivity contribution in [2.45, 2.75) is 13.8 Å². The molecule has 3 aromatic heterocycles. The zero-order valence-corrected chi connectivity index (χ0v) is 14.1. The fraction of sp³-hybridized carbons (Fsp3) is 0.200. The molecule has 118 valence electrons. The lowest BCUT2D eigenvalue weighted by Crippen LogP contribution is -2.12. The molecular formula is C15H13ClN4O2S. The van der Waals surface area contributed by atoms with Gasteiger partial charge in [0.2, 0.25) is 0 Å². The number of carbonyl (C=O) groups excluding carboxylic acids is 1. The van der Waals surface area contributed by atoms with Crippen LogP contribution in [0.25, 0.3) is 16.4 Å². The van der Waals surface area contributed by atoms with Crippen LogP contribution < -0.4 is 0 Å². The highest BCUT2D eigenvalue weighted by Gasteiger charge is 2.21. The fourth-order valence-electron chi connectivity index (χ4n) is 2.11. The summed E-state index contributed by atoms with van der Waals surface area (Å²) in [6, 6.07) is 3.58. The van der Waals surface area contributed by atoms with E-state index in [0.29, 0.717) is 11.4 Å². The highest BCUT2D eigenvalue weighted by Crippen LogP contribution is 2.26. The number of carbonyl (C=O) groups is 1. The second-order valence-electron chi connectivity index (χ2n) is 4.65. The van der Waals surface area contributed by atoms with Crippen LogP contribution in [-0.2, 0) is 4.74 Å². The summed E-state index contributed by atoms with van der Waals surface area (Å²) >= 11 is 7.65. The van der Waals surface area contributed by atoms with Crippen LogP contribution in [0.5, 0.6) is 0 Å². The lowest BCUT2D eigenvalue weighted by molar-refractivity contribution is 0.0526. The third kappa shape index (κ3) is 3.11. The summed E-state index contributed by atoms with van der Waals surface area (Å²) in [6.45, 7) is 3.79. The summed E-state index contributed by atoms with van der Waals surface area (Å²) in [5.74, 6) is -0.522. The SMILES string of the molecule is CCOC(=O)c1c(-n2ccc(-c3nccs3)n2)cc(C)nc1Cl. The van der Waals surface area contributed by atoms with E-state index >= 15 is 0 Å². The number of halogens is 1. The Morgan fingerprint density at radius 1 is 1.48 bits per heavy atom. The van der Waals surface area contributed by atoms with Crippen LogP contribution in [0.1, 0.15) is 23.0 Å². The molecule has 0 aliphatic heterocycles. The van der Waals surface area contributed by atoms with Gasteiger partial charge in [0, 0.05) is 23.5 Å². The number of hydrogen-bond acceptors (Lipinski definition) is 6. The van der Waals surface area contributed by atoms with Gasteiger partial charge in [0.25, 0.3) is 0 Å². The van der Waals surface area contributed by atoms with Crippen molar-refractivity contribution in [3.63, 3.8) is 0 Å². The Balaban J connectivity index is 2.10. The Labute approximate surface area is 141 Å². The molecule has 0 aliphatic carbocycles. The van der Waals surface area contributed by atoms with Crippen LogP contribution in [0.3, 0.4) is 0 Å². The zero-order valence-electron chi connectivity index (χ0n) is 12.5. The van der Waals surface area contributed by atoms with Gasteiger partial charge in [-0.2, -0.15) is 5.10 Å². The molecule has 0 fully saturated rings. The molecule has 0 aromatic carbocycles. The normalized spacial score (nSPS) is 10.7. The van der Waals surface area contributed by atoms with Gasteiger partial charge in [-0.3, -0.25) is 0 Å². The summed E-state index contributed by atoms with van der Waals surface area (Å²) < 4.78 is 6.66. The van der Waals surface area contributed by atoms with Gasteiger partial charge >= 0.3 is 5.97 Å². The van der Waals surface area contributed by atoms with E-state index in [2.05, 4.69) is 15.1 Å². The van der Waals surface area contributed by atoms with Gasteiger partial charge in [-0.15, -0.1) is 11.3 Å². The van der Waals surface area contributed by atoms with Crippen LogP contribution >= 0.6 is 22.9 Å².